The number of hydrogen-bond acceptors (Lipinski definition) is 3. The third kappa shape index (κ3) is 4.35. The molecule has 0 atom stereocenters. The number of carbonyl (C=O) groups is 1. The summed E-state index contributed by atoms with van der Waals surface area (Å²) in [5, 5.41) is -0.342. The fourth-order valence-electron chi connectivity index (χ4n) is 2.13. The first kappa shape index (κ1) is 24.6. The topological polar surface area (TPSA) is 41.5 Å². The zero-order chi connectivity index (χ0) is 23.3. The van der Waals surface area contributed by atoms with Crippen molar-refractivity contribution in [2.75, 3.05) is 0 Å². The van der Waals surface area contributed by atoms with Crippen molar-refractivity contribution in [1.82, 2.24) is 5.32 Å². The maximum atomic E-state index is 13.6. The Morgan fingerprint density at radius 2 is 1.50 bits per heavy atom. The maximum Gasteiger partial charge on any atom is 0.443 e. The highest BCUT2D eigenvalue weighted by Gasteiger charge is 2.77. The molecule has 0 aromatic heterocycles. The van der Waals surface area contributed by atoms with E-state index in [-0.39, 0.29) is 10.0 Å². The van der Waals surface area contributed by atoms with E-state index in [1.54, 1.807) is 0 Å². The van der Waals surface area contributed by atoms with Crippen LogP contribution in [0, 0.1) is 0 Å². The van der Waals surface area contributed by atoms with Crippen LogP contribution >= 0.6 is 35.0 Å². The van der Waals surface area contributed by atoms with E-state index in [1.165, 1.54) is 5.32 Å². The van der Waals surface area contributed by atoms with Gasteiger partial charge in [0.2, 0.25) is 5.83 Å². The molecule has 0 saturated heterocycles. The van der Waals surface area contributed by atoms with Crippen molar-refractivity contribution >= 4 is 46.0 Å². The van der Waals surface area contributed by atoms with E-state index in [0.717, 1.165) is 18.2 Å². The molecule has 0 unspecified atom stereocenters. The number of rotatable bonds is 1. The molecule has 1 heterocycles. The molecule has 1 N–H and O–H groups in total. The third-order valence-electron chi connectivity index (χ3n) is 3.47. The lowest BCUT2D eigenvalue weighted by Gasteiger charge is -2.31. The molecule has 2 rings (SSSR count). The Labute approximate surface area is 174 Å². The molecule has 1 aliphatic heterocycles. The minimum Gasteiger partial charge on any atom is -0.301 e. The molecule has 166 valence electrons. The monoisotopic (exact) mass is 508 g/mol. The third-order valence-corrected chi connectivity index (χ3v) is 5.27. The van der Waals surface area contributed by atoms with E-state index in [4.69, 9.17) is 23.2 Å². The second-order valence-corrected chi connectivity index (χ2v) is 7.26. The summed E-state index contributed by atoms with van der Waals surface area (Å²) >= 11 is 10.3. The Morgan fingerprint density at radius 1 is 0.967 bits per heavy atom. The molecule has 0 fully saturated rings. The van der Waals surface area contributed by atoms with Crippen LogP contribution in [0.5, 0.6) is 0 Å². The first-order valence-corrected chi connectivity index (χ1v) is 8.64. The molecule has 0 bridgehead atoms. The van der Waals surface area contributed by atoms with Gasteiger partial charge in [0.15, 0.2) is 5.17 Å². The smallest absolute Gasteiger partial charge is 0.301 e. The largest absolute Gasteiger partial charge is 0.443 e. The normalized spacial score (nSPS) is 18.9. The summed E-state index contributed by atoms with van der Waals surface area (Å²) in [6.07, 6.45) is -19.2. The molecule has 1 aromatic carbocycles. The summed E-state index contributed by atoms with van der Waals surface area (Å²) in [7, 11) is 0. The Balaban J connectivity index is 2.60. The first-order valence-electron chi connectivity index (χ1n) is 7.07. The van der Waals surface area contributed by atoms with Crippen molar-refractivity contribution in [1.29, 1.82) is 0 Å². The predicted octanol–water partition coefficient (Wildman–Crippen LogP) is 6.43. The van der Waals surface area contributed by atoms with Crippen LogP contribution in [0.25, 0.3) is 0 Å². The number of amidine groups is 1. The van der Waals surface area contributed by atoms with Gasteiger partial charge in [-0.15, -0.1) is 0 Å². The minimum absolute atomic E-state index is 0.0496. The van der Waals surface area contributed by atoms with Crippen LogP contribution in [-0.2, 0) is 0 Å². The Morgan fingerprint density at radius 3 is 1.93 bits per heavy atom. The number of allylic oxidation sites excluding steroid dienone is 1. The van der Waals surface area contributed by atoms with Gasteiger partial charge >= 0.3 is 18.5 Å². The highest BCUT2D eigenvalue weighted by molar-refractivity contribution is 8.17. The Bertz CT molecular complexity index is 922. The average Bonchev–Trinajstić information content (AvgIpc) is 2.95. The lowest BCUT2D eigenvalue weighted by molar-refractivity contribution is -0.280. The number of nitrogens with zero attached hydrogens (tertiary/aromatic N) is 1. The number of thioether (sulfide) groups is 1. The quantitative estimate of drug-likeness (QED) is 0.444. The molecule has 30 heavy (non-hydrogen) atoms. The molecular formula is C14H4Cl2F10N2OS. The second kappa shape index (κ2) is 7.79. The fraction of sp³-hybridized carbons (Fsp3) is 0.286. The van der Waals surface area contributed by atoms with E-state index < -0.39 is 63.2 Å². The summed E-state index contributed by atoms with van der Waals surface area (Å²) in [4.78, 5) is 11.5. The lowest BCUT2D eigenvalue weighted by Crippen LogP contribution is -2.55. The van der Waals surface area contributed by atoms with Gasteiger partial charge in [0, 0.05) is 5.56 Å². The van der Waals surface area contributed by atoms with E-state index >= 15 is 0 Å². The van der Waals surface area contributed by atoms with Gasteiger partial charge in [-0.2, -0.15) is 39.5 Å². The van der Waals surface area contributed by atoms with Crippen LogP contribution in [0.2, 0.25) is 10.0 Å². The number of nitrogens with one attached hydrogen (secondary N) is 1. The van der Waals surface area contributed by atoms with Crippen LogP contribution in [0.3, 0.4) is 0 Å². The average molecular weight is 509 g/mol. The highest BCUT2D eigenvalue weighted by Crippen LogP contribution is 2.59. The van der Waals surface area contributed by atoms with Gasteiger partial charge in [-0.3, -0.25) is 4.79 Å². The van der Waals surface area contributed by atoms with Crippen LogP contribution in [0.4, 0.5) is 43.9 Å². The van der Waals surface area contributed by atoms with Crippen molar-refractivity contribution in [3.05, 3.63) is 44.5 Å². The Hall–Kier alpha value is -1.67. The predicted molar refractivity (Wildman–Crippen MR) is 88.0 cm³/mol. The molecule has 3 nitrogen and oxygen atoms in total. The maximum absolute atomic E-state index is 13.6. The minimum atomic E-state index is -6.52. The first-order chi connectivity index (χ1) is 13.4. The SMILES string of the molecule is O=C(NC1=NC(C(F)(F)F)(C(F)(F)F)C(=C(F)C(F)(F)F)S1)c1ccc(Cl)c(Cl)c1. The van der Waals surface area contributed by atoms with Crippen LogP contribution in [-0.4, -0.2) is 35.1 Å². The summed E-state index contributed by atoms with van der Waals surface area (Å²) in [6.45, 7) is 0. The van der Waals surface area contributed by atoms with Gasteiger partial charge in [-0.1, -0.05) is 35.0 Å². The molecule has 1 aromatic rings. The van der Waals surface area contributed by atoms with Crippen molar-refractivity contribution in [2.45, 2.75) is 24.1 Å². The summed E-state index contributed by atoms with van der Waals surface area (Å²) in [5.41, 5.74) is -5.99. The molecular weight excluding hydrogens is 505 g/mol. The van der Waals surface area contributed by atoms with Crippen LogP contribution in [0.15, 0.2) is 33.9 Å². The van der Waals surface area contributed by atoms with Crippen molar-refractivity contribution in [2.24, 2.45) is 4.99 Å². The summed E-state index contributed by atoms with van der Waals surface area (Å²) in [5.74, 6) is -5.03. The number of amides is 1. The van der Waals surface area contributed by atoms with Crippen LogP contribution < -0.4 is 5.32 Å². The number of aliphatic imine (C=N–C) groups is 1. The highest BCUT2D eigenvalue weighted by atomic mass is 35.5. The second-order valence-electron chi connectivity index (χ2n) is 5.45. The molecule has 0 aliphatic carbocycles. The molecule has 16 heteroatoms. The number of carbonyl (C=O) groups excluding carboxylic acids is 1. The zero-order valence-corrected chi connectivity index (χ0v) is 15.9. The van der Waals surface area contributed by atoms with Gasteiger partial charge in [0.25, 0.3) is 11.4 Å². The van der Waals surface area contributed by atoms with E-state index in [2.05, 4.69) is 4.99 Å². The molecule has 1 amide bonds. The molecule has 0 radical (unpaired) electrons. The molecule has 1 aliphatic rings. The van der Waals surface area contributed by atoms with Crippen LogP contribution in [0.1, 0.15) is 10.4 Å². The number of halogens is 12. The van der Waals surface area contributed by atoms with Crippen molar-refractivity contribution < 1.29 is 48.7 Å². The van der Waals surface area contributed by atoms with Gasteiger partial charge in [-0.25, -0.2) is 9.38 Å². The standard InChI is InChI=1S/C14H4Cl2F10N2OS/c15-5-2-1-4(3-6(5)16)9(29)27-10-28-11(13(21,22)23,14(24,25)26)8(30-10)7(17)12(18,19)20/h1-3H,(H,27,28,29). The summed E-state index contributed by atoms with van der Waals surface area (Å²) < 4.78 is 131. The van der Waals surface area contributed by atoms with E-state index in [1.807, 2.05) is 0 Å². The molecule has 0 spiro atoms. The Kier molecular flexibility index (Phi) is 6.38. The number of benzene rings is 1. The number of alkyl halides is 9. The zero-order valence-electron chi connectivity index (χ0n) is 13.5. The van der Waals surface area contributed by atoms with Gasteiger partial charge in [0.05, 0.1) is 15.0 Å². The van der Waals surface area contributed by atoms with E-state index in [9.17, 15) is 48.7 Å². The fourth-order valence-corrected chi connectivity index (χ4v) is 3.58. The van der Waals surface area contributed by atoms with Gasteiger partial charge < -0.3 is 5.32 Å². The van der Waals surface area contributed by atoms with Crippen molar-refractivity contribution in [3.63, 3.8) is 0 Å². The summed E-state index contributed by atoms with van der Waals surface area (Å²) in [6, 6.07) is 2.91. The van der Waals surface area contributed by atoms with Gasteiger partial charge in [-0.05, 0) is 18.2 Å². The number of hydrogen-bond donors (Lipinski definition) is 1. The molecule has 0 saturated carbocycles. The van der Waals surface area contributed by atoms with E-state index in [0.29, 0.717) is 0 Å². The van der Waals surface area contributed by atoms with Crippen molar-refractivity contribution in [3.8, 4) is 0 Å². The van der Waals surface area contributed by atoms with Gasteiger partial charge in [0.1, 0.15) is 0 Å². The lowest BCUT2D eigenvalue weighted by atomic mass is 9.97.